The smallest absolute Gasteiger partial charge is 0.313 e. The summed E-state index contributed by atoms with van der Waals surface area (Å²) in [7, 11) is 0. The molecule has 1 N–H and O–H groups in total. The van der Waals surface area contributed by atoms with Crippen molar-refractivity contribution in [1.29, 1.82) is 0 Å². The standard InChI is InChI=1S/C16H22O3/c1-11(2)9-16(5,15(17)18)10-19-14-8-12(3)6-7-13(14)4/h6-8H,1,9-10H2,2-5H3,(H,17,18). The van der Waals surface area contributed by atoms with Crippen LogP contribution in [-0.4, -0.2) is 17.7 Å². The molecule has 3 nitrogen and oxygen atoms in total. The van der Waals surface area contributed by atoms with E-state index in [2.05, 4.69) is 6.58 Å². The average Bonchev–Trinajstić information content (AvgIpc) is 2.29. The number of ether oxygens (including phenoxy) is 1. The lowest BCUT2D eigenvalue weighted by atomic mass is 9.85. The molecule has 1 aromatic rings. The summed E-state index contributed by atoms with van der Waals surface area (Å²) in [5, 5.41) is 9.36. The van der Waals surface area contributed by atoms with Crippen LogP contribution in [0.2, 0.25) is 0 Å². The van der Waals surface area contributed by atoms with Crippen LogP contribution in [0.1, 0.15) is 31.4 Å². The second-order valence-corrected chi connectivity index (χ2v) is 5.56. The van der Waals surface area contributed by atoms with Gasteiger partial charge in [-0.25, -0.2) is 0 Å². The van der Waals surface area contributed by atoms with E-state index in [9.17, 15) is 9.90 Å². The summed E-state index contributed by atoms with van der Waals surface area (Å²) in [4.78, 5) is 11.4. The number of rotatable bonds is 6. The van der Waals surface area contributed by atoms with Crippen LogP contribution in [0.4, 0.5) is 0 Å². The Balaban J connectivity index is 2.85. The van der Waals surface area contributed by atoms with E-state index in [1.807, 2.05) is 39.0 Å². The molecule has 0 aliphatic carbocycles. The Bertz CT molecular complexity index is 491. The lowest BCUT2D eigenvalue weighted by molar-refractivity contribution is -0.149. The zero-order valence-corrected chi connectivity index (χ0v) is 12.1. The molecule has 3 heteroatoms. The quantitative estimate of drug-likeness (QED) is 0.794. The van der Waals surface area contributed by atoms with E-state index in [1.54, 1.807) is 6.92 Å². The van der Waals surface area contributed by atoms with E-state index in [-0.39, 0.29) is 6.61 Å². The van der Waals surface area contributed by atoms with Gasteiger partial charge in [0.15, 0.2) is 0 Å². The molecule has 0 spiro atoms. The molecule has 104 valence electrons. The fourth-order valence-electron chi connectivity index (χ4n) is 1.95. The summed E-state index contributed by atoms with van der Waals surface area (Å²) >= 11 is 0. The van der Waals surface area contributed by atoms with Crippen molar-refractivity contribution >= 4 is 5.97 Å². The monoisotopic (exact) mass is 262 g/mol. The van der Waals surface area contributed by atoms with E-state index >= 15 is 0 Å². The van der Waals surface area contributed by atoms with Gasteiger partial charge in [0, 0.05) is 0 Å². The van der Waals surface area contributed by atoms with Crippen LogP contribution in [0.15, 0.2) is 30.4 Å². The predicted octanol–water partition coefficient (Wildman–Crippen LogP) is 3.74. The molecule has 0 saturated carbocycles. The van der Waals surface area contributed by atoms with Crippen molar-refractivity contribution in [3.05, 3.63) is 41.5 Å². The van der Waals surface area contributed by atoms with Crippen LogP contribution in [-0.2, 0) is 4.79 Å². The van der Waals surface area contributed by atoms with Crippen molar-refractivity contribution < 1.29 is 14.6 Å². The van der Waals surface area contributed by atoms with Crippen LogP contribution in [0.25, 0.3) is 0 Å². The molecule has 1 aromatic carbocycles. The average molecular weight is 262 g/mol. The SMILES string of the molecule is C=C(C)CC(C)(COc1cc(C)ccc1C)C(=O)O. The van der Waals surface area contributed by atoms with E-state index in [4.69, 9.17) is 4.74 Å². The molecule has 0 aromatic heterocycles. The second kappa shape index (κ2) is 5.91. The largest absolute Gasteiger partial charge is 0.492 e. The third-order valence-electron chi connectivity index (χ3n) is 3.10. The number of carboxylic acids is 1. The number of aliphatic carboxylic acids is 1. The number of allylic oxidation sites excluding steroid dienone is 1. The Kier molecular flexibility index (Phi) is 4.76. The first-order chi connectivity index (χ1) is 8.74. The van der Waals surface area contributed by atoms with E-state index in [1.165, 1.54) is 0 Å². The van der Waals surface area contributed by atoms with Gasteiger partial charge in [-0.15, -0.1) is 6.58 Å². The first-order valence-corrected chi connectivity index (χ1v) is 6.32. The minimum atomic E-state index is -0.942. The molecule has 0 heterocycles. The molecule has 1 atom stereocenters. The van der Waals surface area contributed by atoms with E-state index in [0.29, 0.717) is 6.42 Å². The first-order valence-electron chi connectivity index (χ1n) is 6.32. The highest BCUT2D eigenvalue weighted by molar-refractivity contribution is 5.74. The number of benzene rings is 1. The zero-order chi connectivity index (χ0) is 14.6. The number of carbonyl (C=O) groups is 1. The highest BCUT2D eigenvalue weighted by Gasteiger charge is 2.34. The maximum atomic E-state index is 11.4. The van der Waals surface area contributed by atoms with Crippen LogP contribution in [0.3, 0.4) is 0 Å². The summed E-state index contributed by atoms with van der Waals surface area (Å²) < 4.78 is 5.72. The molecule has 1 rings (SSSR count). The zero-order valence-electron chi connectivity index (χ0n) is 12.1. The van der Waals surface area contributed by atoms with E-state index < -0.39 is 11.4 Å². The van der Waals surface area contributed by atoms with Crippen molar-refractivity contribution in [3.8, 4) is 5.75 Å². The molecule has 19 heavy (non-hydrogen) atoms. The molecule has 1 unspecified atom stereocenters. The number of carboxylic acid groups (broad SMARTS) is 1. The van der Waals surface area contributed by atoms with Gasteiger partial charge < -0.3 is 9.84 Å². The summed E-state index contributed by atoms with van der Waals surface area (Å²) in [5.74, 6) is -0.116. The maximum Gasteiger partial charge on any atom is 0.313 e. The highest BCUT2D eigenvalue weighted by Crippen LogP contribution is 2.28. The lowest BCUT2D eigenvalue weighted by Crippen LogP contribution is -2.34. The second-order valence-electron chi connectivity index (χ2n) is 5.56. The fourth-order valence-corrected chi connectivity index (χ4v) is 1.95. The Morgan fingerprint density at radius 2 is 2.05 bits per heavy atom. The van der Waals surface area contributed by atoms with Gasteiger partial charge in [-0.3, -0.25) is 4.79 Å². The topological polar surface area (TPSA) is 46.5 Å². The van der Waals surface area contributed by atoms with Gasteiger partial charge in [0.25, 0.3) is 0 Å². The molecule has 0 saturated heterocycles. The van der Waals surface area contributed by atoms with Crippen molar-refractivity contribution in [2.24, 2.45) is 5.41 Å². The molecule has 0 aliphatic heterocycles. The molecule has 0 amide bonds. The minimum Gasteiger partial charge on any atom is -0.492 e. The van der Waals surface area contributed by atoms with Gasteiger partial charge in [0.2, 0.25) is 0 Å². The Morgan fingerprint density at radius 1 is 1.42 bits per heavy atom. The number of hydrogen-bond donors (Lipinski definition) is 1. The molecular weight excluding hydrogens is 240 g/mol. The lowest BCUT2D eigenvalue weighted by Gasteiger charge is -2.25. The molecular formula is C16H22O3. The summed E-state index contributed by atoms with van der Waals surface area (Å²) in [6.07, 6.45) is 0.410. The van der Waals surface area contributed by atoms with Crippen LogP contribution in [0.5, 0.6) is 5.75 Å². The Hall–Kier alpha value is -1.77. The molecule has 0 bridgehead atoms. The number of aryl methyl sites for hydroxylation is 2. The van der Waals surface area contributed by atoms with Crippen molar-refractivity contribution in [2.75, 3.05) is 6.61 Å². The highest BCUT2D eigenvalue weighted by atomic mass is 16.5. The predicted molar refractivity (Wildman–Crippen MR) is 76.6 cm³/mol. The van der Waals surface area contributed by atoms with Gasteiger partial charge >= 0.3 is 5.97 Å². The van der Waals surface area contributed by atoms with Crippen molar-refractivity contribution in [3.63, 3.8) is 0 Å². The number of hydrogen-bond acceptors (Lipinski definition) is 2. The van der Waals surface area contributed by atoms with Crippen LogP contribution in [0, 0.1) is 19.3 Å². The van der Waals surface area contributed by atoms with Crippen LogP contribution < -0.4 is 4.74 Å². The van der Waals surface area contributed by atoms with Gasteiger partial charge in [0.05, 0.1) is 0 Å². The summed E-state index contributed by atoms with van der Waals surface area (Å²) in [6, 6.07) is 5.91. The Labute approximate surface area is 114 Å². The summed E-state index contributed by atoms with van der Waals surface area (Å²) in [6.45, 7) is 11.4. The van der Waals surface area contributed by atoms with Gasteiger partial charge in [0.1, 0.15) is 17.8 Å². The fraction of sp³-hybridized carbons (Fsp3) is 0.438. The third kappa shape index (κ3) is 4.12. The first kappa shape index (κ1) is 15.3. The molecule has 0 fully saturated rings. The van der Waals surface area contributed by atoms with Gasteiger partial charge in [-0.05, 0) is 51.3 Å². The molecule has 0 aliphatic rings. The van der Waals surface area contributed by atoms with Crippen molar-refractivity contribution in [1.82, 2.24) is 0 Å². The maximum absolute atomic E-state index is 11.4. The Morgan fingerprint density at radius 3 is 2.58 bits per heavy atom. The molecule has 0 radical (unpaired) electrons. The van der Waals surface area contributed by atoms with Crippen molar-refractivity contribution in [2.45, 2.75) is 34.1 Å². The third-order valence-corrected chi connectivity index (χ3v) is 3.10. The van der Waals surface area contributed by atoms with Crippen LogP contribution >= 0.6 is 0 Å². The minimum absolute atomic E-state index is 0.138. The summed E-state index contributed by atoms with van der Waals surface area (Å²) in [5.41, 5.74) is 2.00. The van der Waals surface area contributed by atoms with E-state index in [0.717, 1.165) is 22.4 Å². The normalized spacial score (nSPS) is 13.7. The van der Waals surface area contributed by atoms with Gasteiger partial charge in [-0.2, -0.15) is 0 Å². The van der Waals surface area contributed by atoms with Gasteiger partial charge in [-0.1, -0.05) is 17.7 Å².